The molecule has 3 heterocycles. The van der Waals surface area contributed by atoms with Crippen molar-refractivity contribution in [3.63, 3.8) is 0 Å². The van der Waals surface area contributed by atoms with Crippen molar-refractivity contribution in [1.82, 2.24) is 14.8 Å². The quantitative estimate of drug-likeness (QED) is 0.126. The maximum absolute atomic E-state index is 12.6. The Hall–Kier alpha value is -3.80. The number of carbonyl (C=O) groups is 2. The smallest absolute Gasteiger partial charge is 0.408 e. The number of unbranched alkanes of at least 4 members (excludes halogenated alkanes) is 1. The molecular formula is C31H35ClN4O6S. The molecule has 43 heavy (non-hydrogen) atoms. The number of halogens is 1. The van der Waals surface area contributed by atoms with Crippen molar-refractivity contribution >= 4 is 61.7 Å². The molecule has 12 heteroatoms. The molecular weight excluding hydrogens is 592 g/mol. The first kappa shape index (κ1) is 30.7. The number of piperazine rings is 1. The zero-order chi connectivity index (χ0) is 30.0. The standard InChI is InChI=1S/C31H35ClN4O6S/c32-21-41-30(38)10-12-33-31(39)42-22-36-27-20-24(8-6-23(27)7-9-29(36)37)40-18-2-1-13-34-14-16-35(17-15-34)26-4-3-5-28-25(26)11-19-43-28/h3-9,11,19-20H,1-2,10,12-18,21-22H2,(H,33,39). The Kier molecular flexibility index (Phi) is 10.8. The van der Waals surface area contributed by atoms with E-state index >= 15 is 0 Å². The highest BCUT2D eigenvalue weighted by Gasteiger charge is 2.18. The number of carbonyl (C=O) groups excluding carboxylic acids is 2. The summed E-state index contributed by atoms with van der Waals surface area (Å²) in [6.45, 7) is 5.48. The third-order valence-corrected chi connectivity index (χ3v) is 8.42. The lowest BCUT2D eigenvalue weighted by atomic mass is 10.2. The molecule has 1 aliphatic heterocycles. The van der Waals surface area contributed by atoms with Crippen molar-refractivity contribution in [2.45, 2.75) is 26.0 Å². The van der Waals surface area contributed by atoms with Gasteiger partial charge in [0.2, 0.25) is 0 Å². The van der Waals surface area contributed by atoms with Crippen molar-refractivity contribution in [2.24, 2.45) is 0 Å². The Morgan fingerprint density at radius 1 is 0.977 bits per heavy atom. The Balaban J connectivity index is 1.05. The van der Waals surface area contributed by atoms with Crippen molar-refractivity contribution in [1.29, 1.82) is 0 Å². The van der Waals surface area contributed by atoms with E-state index in [0.717, 1.165) is 51.0 Å². The number of thiophene rings is 1. The zero-order valence-electron chi connectivity index (χ0n) is 23.8. The fraction of sp³-hybridized carbons (Fsp3) is 0.387. The summed E-state index contributed by atoms with van der Waals surface area (Å²) in [4.78, 5) is 40.9. The second-order valence-corrected chi connectivity index (χ2v) is 11.3. The van der Waals surface area contributed by atoms with Gasteiger partial charge in [0.05, 0.1) is 18.5 Å². The van der Waals surface area contributed by atoms with Crippen LogP contribution in [0.5, 0.6) is 5.75 Å². The Morgan fingerprint density at radius 2 is 1.81 bits per heavy atom. The number of esters is 1. The number of nitrogens with zero attached hydrogens (tertiary/aromatic N) is 3. The number of amides is 1. The summed E-state index contributed by atoms with van der Waals surface area (Å²) in [5, 5.41) is 6.77. The highest BCUT2D eigenvalue weighted by Crippen LogP contribution is 2.31. The van der Waals surface area contributed by atoms with Crippen LogP contribution in [-0.2, 0) is 21.0 Å². The van der Waals surface area contributed by atoms with Gasteiger partial charge in [0.25, 0.3) is 5.56 Å². The molecule has 2 aromatic heterocycles. The number of alkyl halides is 1. The van der Waals surface area contributed by atoms with Crippen LogP contribution in [0, 0.1) is 0 Å². The van der Waals surface area contributed by atoms with E-state index in [-0.39, 0.29) is 31.3 Å². The van der Waals surface area contributed by atoms with Crippen LogP contribution >= 0.6 is 22.9 Å². The van der Waals surface area contributed by atoms with Gasteiger partial charge in [-0.15, -0.1) is 11.3 Å². The average molecular weight is 627 g/mol. The fourth-order valence-corrected chi connectivity index (χ4v) is 6.09. The largest absolute Gasteiger partial charge is 0.494 e. The monoisotopic (exact) mass is 626 g/mol. The van der Waals surface area contributed by atoms with E-state index in [2.05, 4.69) is 49.5 Å². The Labute approximate surface area is 258 Å². The van der Waals surface area contributed by atoms with Crippen LogP contribution in [0.25, 0.3) is 21.0 Å². The molecule has 1 amide bonds. The van der Waals surface area contributed by atoms with Gasteiger partial charge >= 0.3 is 12.1 Å². The molecule has 0 bridgehead atoms. The molecule has 2 aromatic carbocycles. The molecule has 0 atom stereocenters. The molecule has 5 rings (SSSR count). The van der Waals surface area contributed by atoms with Crippen molar-refractivity contribution in [2.75, 3.05) is 56.8 Å². The van der Waals surface area contributed by atoms with Crippen LogP contribution in [0.15, 0.2) is 64.8 Å². The lowest BCUT2D eigenvalue weighted by Gasteiger charge is -2.36. The number of anilines is 1. The number of aromatic nitrogens is 1. The summed E-state index contributed by atoms with van der Waals surface area (Å²) < 4.78 is 18.5. The second-order valence-electron chi connectivity index (χ2n) is 10.2. The van der Waals surface area contributed by atoms with Gasteiger partial charge in [-0.2, -0.15) is 0 Å². The molecule has 1 aliphatic rings. The second kappa shape index (κ2) is 15.1. The number of ether oxygens (including phenoxy) is 3. The maximum atomic E-state index is 12.6. The van der Waals surface area contributed by atoms with Crippen molar-refractivity contribution in [3.8, 4) is 5.75 Å². The predicted molar refractivity (Wildman–Crippen MR) is 169 cm³/mol. The van der Waals surface area contributed by atoms with E-state index in [9.17, 15) is 14.4 Å². The van der Waals surface area contributed by atoms with Gasteiger partial charge in [-0.25, -0.2) is 4.79 Å². The lowest BCUT2D eigenvalue weighted by molar-refractivity contribution is -0.141. The number of rotatable bonds is 13. The van der Waals surface area contributed by atoms with Crippen LogP contribution in [0.3, 0.4) is 0 Å². The molecule has 0 spiro atoms. The molecule has 1 saturated heterocycles. The highest BCUT2D eigenvalue weighted by molar-refractivity contribution is 7.17. The van der Waals surface area contributed by atoms with Crippen molar-refractivity contribution < 1.29 is 23.8 Å². The highest BCUT2D eigenvalue weighted by atomic mass is 35.5. The van der Waals surface area contributed by atoms with Gasteiger partial charge in [-0.3, -0.25) is 19.1 Å². The third kappa shape index (κ3) is 8.19. The normalized spacial score (nSPS) is 13.7. The summed E-state index contributed by atoms with van der Waals surface area (Å²) in [5.41, 5.74) is 1.62. The van der Waals surface area contributed by atoms with Crippen LogP contribution < -0.4 is 20.5 Å². The molecule has 0 aliphatic carbocycles. The minimum Gasteiger partial charge on any atom is -0.494 e. The number of benzene rings is 2. The third-order valence-electron chi connectivity index (χ3n) is 7.43. The number of hydrogen-bond donors (Lipinski definition) is 1. The first-order chi connectivity index (χ1) is 21.0. The van der Waals surface area contributed by atoms with E-state index < -0.39 is 12.1 Å². The molecule has 10 nitrogen and oxygen atoms in total. The van der Waals surface area contributed by atoms with Gasteiger partial charge in [0.1, 0.15) is 5.75 Å². The van der Waals surface area contributed by atoms with E-state index in [1.807, 2.05) is 12.1 Å². The van der Waals surface area contributed by atoms with Gasteiger partial charge in [-0.05, 0) is 66.6 Å². The molecule has 0 saturated carbocycles. The van der Waals surface area contributed by atoms with E-state index in [1.165, 1.54) is 26.4 Å². The van der Waals surface area contributed by atoms with Crippen LogP contribution in [0.1, 0.15) is 19.3 Å². The first-order valence-corrected chi connectivity index (χ1v) is 15.8. The molecule has 0 radical (unpaired) electrons. The van der Waals surface area contributed by atoms with E-state index in [4.69, 9.17) is 21.1 Å². The number of alkyl carbamates (subject to hydrolysis) is 1. The average Bonchev–Trinajstić information content (AvgIpc) is 3.50. The maximum Gasteiger partial charge on any atom is 0.408 e. The molecule has 1 fully saturated rings. The Morgan fingerprint density at radius 3 is 2.65 bits per heavy atom. The summed E-state index contributed by atoms with van der Waals surface area (Å²) >= 11 is 7.12. The number of nitrogens with one attached hydrogen (secondary N) is 1. The number of hydrogen-bond acceptors (Lipinski definition) is 9. The number of pyridine rings is 1. The summed E-state index contributed by atoms with van der Waals surface area (Å²) in [7, 11) is 0. The Bertz CT molecular complexity index is 1600. The van der Waals surface area contributed by atoms with Crippen molar-refractivity contribution in [3.05, 3.63) is 70.3 Å². The SMILES string of the molecule is O=C(CCNC(=O)OCn1c(=O)ccc2ccc(OCCCCN3CCN(c4cccc5sccc45)CC3)cc21)OCCl. The van der Waals surface area contributed by atoms with E-state index in [0.29, 0.717) is 17.9 Å². The van der Waals surface area contributed by atoms with Gasteiger partial charge in [0.15, 0.2) is 12.8 Å². The zero-order valence-corrected chi connectivity index (χ0v) is 25.4. The molecule has 4 aromatic rings. The minimum absolute atomic E-state index is 0.0274. The topological polar surface area (TPSA) is 102 Å². The minimum atomic E-state index is -0.753. The summed E-state index contributed by atoms with van der Waals surface area (Å²) in [6, 6.07) is 17.2. The van der Waals surface area contributed by atoms with Gasteiger partial charge in [-0.1, -0.05) is 17.7 Å². The molecule has 228 valence electrons. The van der Waals surface area contributed by atoms with E-state index in [1.54, 1.807) is 23.5 Å². The van der Waals surface area contributed by atoms with Crippen LogP contribution in [0.4, 0.5) is 10.5 Å². The molecule has 0 unspecified atom stereocenters. The van der Waals surface area contributed by atoms with Gasteiger partial charge in [0, 0.05) is 60.6 Å². The van der Waals surface area contributed by atoms with Gasteiger partial charge < -0.3 is 24.4 Å². The van der Waals surface area contributed by atoms with Crippen LogP contribution in [-0.4, -0.2) is 73.5 Å². The number of fused-ring (bicyclic) bond motifs is 2. The fourth-order valence-electron chi connectivity index (χ4n) is 5.16. The molecule has 1 N–H and O–H groups in total. The lowest BCUT2D eigenvalue weighted by Crippen LogP contribution is -2.46. The van der Waals surface area contributed by atoms with Crippen LogP contribution in [0.2, 0.25) is 0 Å². The summed E-state index contributed by atoms with van der Waals surface area (Å²) in [6.07, 6.45) is 1.15. The predicted octanol–water partition coefficient (Wildman–Crippen LogP) is 5.01. The summed E-state index contributed by atoms with van der Waals surface area (Å²) in [5.74, 6) is 0.111. The first-order valence-electron chi connectivity index (χ1n) is 14.3.